The number of hydrogen-bond donors (Lipinski definition) is 1. The molecule has 4 nitrogen and oxygen atoms in total. The summed E-state index contributed by atoms with van der Waals surface area (Å²) in [7, 11) is 0. The molecule has 3 rings (SSSR count). The van der Waals surface area contributed by atoms with Gasteiger partial charge in [-0.05, 0) is 37.6 Å². The van der Waals surface area contributed by atoms with Crippen molar-refractivity contribution in [2.45, 2.75) is 13.8 Å². The number of aromatic nitrogens is 1. The molecule has 21 heavy (non-hydrogen) atoms. The highest BCUT2D eigenvalue weighted by molar-refractivity contribution is 5.87. The second-order valence-corrected chi connectivity index (χ2v) is 4.76. The molecule has 0 radical (unpaired) electrons. The van der Waals surface area contributed by atoms with E-state index in [2.05, 4.69) is 5.16 Å². The van der Waals surface area contributed by atoms with Gasteiger partial charge in [-0.15, -0.1) is 0 Å². The predicted molar refractivity (Wildman–Crippen MR) is 73.4 cm³/mol. The molecule has 0 saturated carbocycles. The summed E-state index contributed by atoms with van der Waals surface area (Å²) >= 11 is 0. The Kier molecular flexibility index (Phi) is 3.01. The molecular weight excluding hydrogens is 278 g/mol. The third-order valence-electron chi connectivity index (χ3n) is 3.17. The van der Waals surface area contributed by atoms with Crippen LogP contribution in [-0.2, 0) is 0 Å². The third kappa shape index (κ3) is 2.29. The first-order valence-corrected chi connectivity index (χ1v) is 6.24. The van der Waals surface area contributed by atoms with Gasteiger partial charge in [0, 0.05) is 11.6 Å². The van der Waals surface area contributed by atoms with E-state index >= 15 is 0 Å². The van der Waals surface area contributed by atoms with Crippen molar-refractivity contribution in [3.8, 4) is 22.4 Å². The maximum absolute atomic E-state index is 13.4. The Morgan fingerprint density at radius 2 is 1.71 bits per heavy atom. The number of aryl methyl sites for hydroxylation is 2. The van der Waals surface area contributed by atoms with Gasteiger partial charge in [0.25, 0.3) is 0 Å². The fraction of sp³-hybridized carbons (Fsp3) is 0.133. The summed E-state index contributed by atoms with van der Waals surface area (Å²) in [4.78, 5) is 0. The predicted octanol–water partition coefficient (Wildman–Crippen LogP) is 4.08. The largest absolute Gasteiger partial charge is 0.466 e. The lowest BCUT2D eigenvalue weighted by atomic mass is 10.0. The SMILES string of the molecule is Cc1cc(-c2noc(N)c2-c2cc(F)cc(F)c2)c(C)o1. The minimum atomic E-state index is -0.698. The summed E-state index contributed by atoms with van der Waals surface area (Å²) in [6, 6.07) is 4.92. The van der Waals surface area contributed by atoms with E-state index in [9.17, 15) is 8.78 Å². The van der Waals surface area contributed by atoms with Gasteiger partial charge in [-0.25, -0.2) is 8.78 Å². The third-order valence-corrected chi connectivity index (χ3v) is 3.17. The molecule has 0 unspecified atom stereocenters. The van der Waals surface area contributed by atoms with E-state index < -0.39 is 11.6 Å². The maximum Gasteiger partial charge on any atom is 0.230 e. The average molecular weight is 290 g/mol. The molecule has 6 heteroatoms. The number of furan rings is 1. The van der Waals surface area contributed by atoms with E-state index in [1.807, 2.05) is 0 Å². The van der Waals surface area contributed by atoms with Gasteiger partial charge in [-0.2, -0.15) is 0 Å². The van der Waals surface area contributed by atoms with Gasteiger partial charge < -0.3 is 14.7 Å². The summed E-state index contributed by atoms with van der Waals surface area (Å²) in [5, 5.41) is 3.89. The Labute approximate surface area is 119 Å². The molecule has 0 amide bonds. The Morgan fingerprint density at radius 1 is 1.05 bits per heavy atom. The minimum Gasteiger partial charge on any atom is -0.466 e. The molecule has 2 N–H and O–H groups in total. The van der Waals surface area contributed by atoms with Crippen molar-refractivity contribution in [3.05, 3.63) is 47.4 Å². The van der Waals surface area contributed by atoms with Crippen LogP contribution in [0.25, 0.3) is 22.4 Å². The van der Waals surface area contributed by atoms with Crippen molar-refractivity contribution >= 4 is 5.88 Å². The van der Waals surface area contributed by atoms with Crippen molar-refractivity contribution in [2.75, 3.05) is 5.73 Å². The van der Waals surface area contributed by atoms with Gasteiger partial charge in [0.2, 0.25) is 5.88 Å². The Bertz CT molecular complexity index is 801. The Hall–Kier alpha value is -2.63. The number of halogens is 2. The normalized spacial score (nSPS) is 11.0. The fourth-order valence-corrected chi connectivity index (χ4v) is 2.33. The van der Waals surface area contributed by atoms with E-state index in [-0.39, 0.29) is 11.4 Å². The van der Waals surface area contributed by atoms with Crippen LogP contribution < -0.4 is 5.73 Å². The summed E-state index contributed by atoms with van der Waals surface area (Å²) < 4.78 is 37.3. The zero-order valence-corrected chi connectivity index (χ0v) is 11.4. The minimum absolute atomic E-state index is 0.00625. The number of rotatable bonds is 2. The van der Waals surface area contributed by atoms with Crippen LogP contribution >= 0.6 is 0 Å². The highest BCUT2D eigenvalue weighted by atomic mass is 19.1. The lowest BCUT2D eigenvalue weighted by Gasteiger charge is -2.03. The summed E-state index contributed by atoms with van der Waals surface area (Å²) in [5.41, 5.74) is 7.44. The number of anilines is 1. The van der Waals surface area contributed by atoms with Gasteiger partial charge in [0.15, 0.2) is 0 Å². The molecule has 0 saturated heterocycles. The summed E-state index contributed by atoms with van der Waals surface area (Å²) in [5.74, 6) is -0.0825. The van der Waals surface area contributed by atoms with Gasteiger partial charge >= 0.3 is 0 Å². The van der Waals surface area contributed by atoms with Gasteiger partial charge in [-0.3, -0.25) is 0 Å². The first-order chi connectivity index (χ1) is 9.95. The fourth-order valence-electron chi connectivity index (χ4n) is 2.33. The van der Waals surface area contributed by atoms with Crippen LogP contribution in [0.4, 0.5) is 14.7 Å². The molecule has 0 aliphatic heterocycles. The van der Waals surface area contributed by atoms with Crippen LogP contribution in [0.15, 0.2) is 33.2 Å². The van der Waals surface area contributed by atoms with Crippen LogP contribution in [0.2, 0.25) is 0 Å². The van der Waals surface area contributed by atoms with Crippen LogP contribution in [-0.4, -0.2) is 5.16 Å². The van der Waals surface area contributed by atoms with Crippen molar-refractivity contribution in [3.63, 3.8) is 0 Å². The lowest BCUT2D eigenvalue weighted by Crippen LogP contribution is -1.90. The molecule has 0 fully saturated rings. The first kappa shape index (κ1) is 13.4. The molecule has 0 aliphatic carbocycles. The molecule has 0 aliphatic rings. The molecule has 108 valence electrons. The molecule has 2 aromatic heterocycles. The van der Waals surface area contributed by atoms with E-state index in [0.29, 0.717) is 28.3 Å². The van der Waals surface area contributed by atoms with Crippen LogP contribution in [0, 0.1) is 25.5 Å². The zero-order chi connectivity index (χ0) is 15.1. The first-order valence-electron chi connectivity index (χ1n) is 6.24. The highest BCUT2D eigenvalue weighted by Crippen LogP contribution is 2.38. The van der Waals surface area contributed by atoms with Crippen LogP contribution in [0.3, 0.4) is 0 Å². The van der Waals surface area contributed by atoms with Crippen molar-refractivity contribution in [2.24, 2.45) is 0 Å². The Morgan fingerprint density at radius 3 is 2.29 bits per heavy atom. The Balaban J connectivity index is 2.24. The second-order valence-electron chi connectivity index (χ2n) is 4.76. The molecule has 0 atom stereocenters. The number of nitrogens with zero attached hydrogens (tertiary/aromatic N) is 1. The van der Waals surface area contributed by atoms with E-state index in [1.165, 1.54) is 12.1 Å². The number of nitrogen functional groups attached to an aromatic ring is 1. The second kappa shape index (κ2) is 4.73. The van der Waals surface area contributed by atoms with E-state index in [0.717, 1.165) is 6.07 Å². The topological polar surface area (TPSA) is 65.2 Å². The highest BCUT2D eigenvalue weighted by Gasteiger charge is 2.21. The van der Waals surface area contributed by atoms with E-state index in [4.69, 9.17) is 14.7 Å². The molecule has 3 aromatic rings. The quantitative estimate of drug-likeness (QED) is 0.772. The van der Waals surface area contributed by atoms with Crippen LogP contribution in [0.5, 0.6) is 0 Å². The number of nitrogens with two attached hydrogens (primary N) is 1. The van der Waals surface area contributed by atoms with Gasteiger partial charge in [0.1, 0.15) is 28.8 Å². The monoisotopic (exact) mass is 290 g/mol. The summed E-state index contributed by atoms with van der Waals surface area (Å²) in [6.07, 6.45) is 0. The van der Waals surface area contributed by atoms with Gasteiger partial charge in [-0.1, -0.05) is 5.16 Å². The van der Waals surface area contributed by atoms with Crippen molar-refractivity contribution in [1.29, 1.82) is 0 Å². The smallest absolute Gasteiger partial charge is 0.230 e. The maximum atomic E-state index is 13.4. The standard InChI is InChI=1S/C15H12F2N2O2/c1-7-3-12(8(2)20-7)14-13(15(18)21-19-14)9-4-10(16)6-11(17)5-9/h3-6H,18H2,1-2H3. The van der Waals surface area contributed by atoms with Crippen molar-refractivity contribution in [1.82, 2.24) is 5.16 Å². The summed E-state index contributed by atoms with van der Waals surface area (Å²) in [6.45, 7) is 3.56. The molecule has 0 spiro atoms. The van der Waals surface area contributed by atoms with E-state index in [1.54, 1.807) is 19.9 Å². The zero-order valence-electron chi connectivity index (χ0n) is 11.4. The van der Waals surface area contributed by atoms with Crippen molar-refractivity contribution < 1.29 is 17.7 Å². The lowest BCUT2D eigenvalue weighted by molar-refractivity contribution is 0.439. The molecule has 1 aromatic carbocycles. The molecule has 2 heterocycles. The van der Waals surface area contributed by atoms with Crippen LogP contribution in [0.1, 0.15) is 11.5 Å². The number of benzene rings is 1. The molecule has 0 bridgehead atoms. The van der Waals surface area contributed by atoms with Gasteiger partial charge in [0.05, 0.1) is 5.56 Å². The number of hydrogen-bond acceptors (Lipinski definition) is 4. The molecular formula is C15H12F2N2O2. The average Bonchev–Trinajstić information content (AvgIpc) is 2.90.